The van der Waals surface area contributed by atoms with E-state index >= 15 is 0 Å². The average molecular weight is 250 g/mol. The molecule has 18 heavy (non-hydrogen) atoms. The Balaban J connectivity index is 2.62. The number of rotatable bonds is 2. The third-order valence-corrected chi connectivity index (χ3v) is 3.18. The van der Waals surface area contributed by atoms with Crippen molar-refractivity contribution in [2.45, 2.75) is 19.4 Å². The van der Waals surface area contributed by atoms with Crippen LogP contribution in [0.5, 0.6) is 11.5 Å². The third kappa shape index (κ3) is 2.01. The van der Waals surface area contributed by atoms with Gasteiger partial charge < -0.3 is 20.1 Å². The average Bonchev–Trinajstić information content (AvgIpc) is 2.36. The van der Waals surface area contributed by atoms with Crippen LogP contribution in [-0.2, 0) is 11.2 Å². The Morgan fingerprint density at radius 3 is 2.50 bits per heavy atom. The minimum atomic E-state index is -0.0811. The van der Waals surface area contributed by atoms with Crippen molar-refractivity contribution < 1.29 is 14.3 Å². The molecule has 1 aromatic carbocycles. The Morgan fingerprint density at radius 1 is 1.33 bits per heavy atom. The maximum Gasteiger partial charge on any atom is 0.224 e. The summed E-state index contributed by atoms with van der Waals surface area (Å²) in [6.45, 7) is 2.03. The molecule has 5 heteroatoms. The minimum absolute atomic E-state index is 0.0436. The number of nitrogens with two attached hydrogens (primary N) is 1. The van der Waals surface area contributed by atoms with Crippen LogP contribution in [0.2, 0.25) is 0 Å². The van der Waals surface area contributed by atoms with Crippen LogP contribution in [-0.4, -0.2) is 32.7 Å². The highest BCUT2D eigenvalue weighted by atomic mass is 16.5. The van der Waals surface area contributed by atoms with E-state index in [4.69, 9.17) is 15.2 Å². The summed E-state index contributed by atoms with van der Waals surface area (Å²) >= 11 is 0. The lowest BCUT2D eigenvalue weighted by Gasteiger charge is -2.34. The summed E-state index contributed by atoms with van der Waals surface area (Å²) in [6, 6.07) is 3.57. The van der Waals surface area contributed by atoms with Gasteiger partial charge in [-0.1, -0.05) is 0 Å². The van der Waals surface area contributed by atoms with Crippen molar-refractivity contribution in [3.8, 4) is 11.5 Å². The summed E-state index contributed by atoms with van der Waals surface area (Å²) in [5.41, 5.74) is 7.72. The Bertz CT molecular complexity index is 474. The van der Waals surface area contributed by atoms with Crippen LogP contribution in [0.4, 0.5) is 5.69 Å². The molecular weight excluding hydrogens is 232 g/mol. The smallest absolute Gasteiger partial charge is 0.224 e. The molecule has 2 rings (SSSR count). The number of fused-ring (bicyclic) bond motifs is 1. The molecule has 1 aliphatic rings. The molecular formula is C13H18N2O3. The lowest BCUT2D eigenvalue weighted by atomic mass is 9.96. The molecule has 1 aromatic rings. The Labute approximate surface area is 106 Å². The lowest BCUT2D eigenvalue weighted by Crippen LogP contribution is -2.45. The molecule has 1 aliphatic heterocycles. The van der Waals surface area contributed by atoms with Crippen LogP contribution < -0.4 is 20.1 Å². The standard InChI is InChI=1S/C13H18N2O3/c1-8(16)15-7-9(14)6-10-11(17-2)4-5-12(18-3)13(10)15/h4-5,9H,6-7,14H2,1-3H3. The second kappa shape index (κ2) is 4.86. The predicted molar refractivity (Wildman–Crippen MR) is 69.3 cm³/mol. The van der Waals surface area contributed by atoms with Gasteiger partial charge in [-0.05, 0) is 18.6 Å². The van der Waals surface area contributed by atoms with Crippen LogP contribution in [0.3, 0.4) is 0 Å². The monoisotopic (exact) mass is 250 g/mol. The van der Waals surface area contributed by atoms with E-state index < -0.39 is 0 Å². The number of ether oxygens (including phenoxy) is 2. The normalized spacial score (nSPS) is 18.2. The van der Waals surface area contributed by atoms with E-state index in [1.807, 2.05) is 12.1 Å². The van der Waals surface area contributed by atoms with E-state index in [-0.39, 0.29) is 11.9 Å². The summed E-state index contributed by atoms with van der Waals surface area (Å²) in [4.78, 5) is 13.4. The number of nitrogens with zero attached hydrogens (tertiary/aromatic N) is 1. The minimum Gasteiger partial charge on any atom is -0.496 e. The first-order chi connectivity index (χ1) is 8.58. The molecule has 0 radical (unpaired) electrons. The van der Waals surface area contributed by atoms with Crippen molar-refractivity contribution in [2.75, 3.05) is 25.7 Å². The van der Waals surface area contributed by atoms with Gasteiger partial charge in [0.2, 0.25) is 5.91 Å². The number of hydrogen-bond donors (Lipinski definition) is 1. The van der Waals surface area contributed by atoms with E-state index in [1.54, 1.807) is 19.1 Å². The largest absolute Gasteiger partial charge is 0.496 e. The second-order valence-electron chi connectivity index (χ2n) is 4.39. The number of methoxy groups -OCH3 is 2. The van der Waals surface area contributed by atoms with Crippen molar-refractivity contribution in [1.29, 1.82) is 0 Å². The summed E-state index contributed by atoms with van der Waals surface area (Å²) in [5, 5.41) is 0. The molecule has 0 fully saturated rings. The van der Waals surface area contributed by atoms with Crippen LogP contribution >= 0.6 is 0 Å². The van der Waals surface area contributed by atoms with Gasteiger partial charge >= 0.3 is 0 Å². The number of carbonyl (C=O) groups is 1. The maximum absolute atomic E-state index is 11.7. The lowest BCUT2D eigenvalue weighted by molar-refractivity contribution is -0.116. The molecule has 2 N–H and O–H groups in total. The summed E-state index contributed by atoms with van der Waals surface area (Å²) in [6.07, 6.45) is 0.680. The molecule has 0 bridgehead atoms. The van der Waals surface area contributed by atoms with Gasteiger partial charge in [-0.25, -0.2) is 0 Å². The first kappa shape index (κ1) is 12.7. The molecule has 0 saturated heterocycles. The highest BCUT2D eigenvalue weighted by Crippen LogP contribution is 2.41. The van der Waals surface area contributed by atoms with Gasteiger partial charge in [-0.3, -0.25) is 4.79 Å². The predicted octanol–water partition coefficient (Wildman–Crippen LogP) is 0.940. The van der Waals surface area contributed by atoms with Gasteiger partial charge in [0, 0.05) is 25.1 Å². The second-order valence-corrected chi connectivity index (χ2v) is 4.39. The highest BCUT2D eigenvalue weighted by molar-refractivity contribution is 5.95. The maximum atomic E-state index is 11.7. The molecule has 1 atom stereocenters. The Morgan fingerprint density at radius 2 is 1.94 bits per heavy atom. The number of carbonyl (C=O) groups excluding carboxylic acids is 1. The molecule has 0 aliphatic carbocycles. The molecule has 5 nitrogen and oxygen atoms in total. The molecule has 1 amide bonds. The van der Waals surface area contributed by atoms with Gasteiger partial charge in [0.15, 0.2) is 0 Å². The van der Waals surface area contributed by atoms with Crippen molar-refractivity contribution in [3.05, 3.63) is 17.7 Å². The molecule has 98 valence electrons. The molecule has 0 spiro atoms. The van der Waals surface area contributed by atoms with E-state index in [9.17, 15) is 4.79 Å². The molecule has 0 aromatic heterocycles. The zero-order chi connectivity index (χ0) is 13.3. The van der Waals surface area contributed by atoms with E-state index in [1.165, 1.54) is 6.92 Å². The quantitative estimate of drug-likeness (QED) is 0.848. The van der Waals surface area contributed by atoms with Gasteiger partial charge in [0.1, 0.15) is 11.5 Å². The summed E-state index contributed by atoms with van der Waals surface area (Å²) in [7, 11) is 3.20. The number of hydrogen-bond acceptors (Lipinski definition) is 4. The van der Waals surface area contributed by atoms with Gasteiger partial charge in [0.05, 0.1) is 19.9 Å². The third-order valence-electron chi connectivity index (χ3n) is 3.18. The SMILES string of the molecule is COc1ccc(OC)c2c1CC(N)CN2C(C)=O. The van der Waals surface area contributed by atoms with Crippen molar-refractivity contribution in [3.63, 3.8) is 0 Å². The molecule has 1 unspecified atom stereocenters. The Kier molecular flexibility index (Phi) is 3.43. The molecule has 1 heterocycles. The fourth-order valence-corrected chi connectivity index (χ4v) is 2.38. The van der Waals surface area contributed by atoms with E-state index in [0.29, 0.717) is 18.7 Å². The fraction of sp³-hybridized carbons (Fsp3) is 0.462. The van der Waals surface area contributed by atoms with Crippen molar-refractivity contribution >= 4 is 11.6 Å². The first-order valence-electron chi connectivity index (χ1n) is 5.86. The fourth-order valence-electron chi connectivity index (χ4n) is 2.38. The molecule has 0 saturated carbocycles. The van der Waals surface area contributed by atoms with Gasteiger partial charge in [-0.2, -0.15) is 0 Å². The number of benzene rings is 1. The highest BCUT2D eigenvalue weighted by Gasteiger charge is 2.30. The zero-order valence-electron chi connectivity index (χ0n) is 10.9. The summed E-state index contributed by atoms with van der Waals surface area (Å²) in [5.74, 6) is 1.37. The van der Waals surface area contributed by atoms with E-state index in [0.717, 1.165) is 17.0 Å². The van der Waals surface area contributed by atoms with E-state index in [2.05, 4.69) is 0 Å². The summed E-state index contributed by atoms with van der Waals surface area (Å²) < 4.78 is 10.7. The van der Waals surface area contributed by atoms with Crippen LogP contribution in [0.1, 0.15) is 12.5 Å². The van der Waals surface area contributed by atoms with Gasteiger partial charge in [0.25, 0.3) is 0 Å². The first-order valence-corrected chi connectivity index (χ1v) is 5.86. The van der Waals surface area contributed by atoms with Crippen molar-refractivity contribution in [2.24, 2.45) is 5.73 Å². The van der Waals surface area contributed by atoms with Crippen LogP contribution in [0.25, 0.3) is 0 Å². The number of amides is 1. The van der Waals surface area contributed by atoms with Gasteiger partial charge in [-0.15, -0.1) is 0 Å². The van der Waals surface area contributed by atoms with Crippen LogP contribution in [0, 0.1) is 0 Å². The number of anilines is 1. The van der Waals surface area contributed by atoms with Crippen molar-refractivity contribution in [1.82, 2.24) is 0 Å². The Hall–Kier alpha value is -1.75. The van der Waals surface area contributed by atoms with Crippen LogP contribution in [0.15, 0.2) is 12.1 Å². The zero-order valence-corrected chi connectivity index (χ0v) is 10.9. The topological polar surface area (TPSA) is 64.8 Å².